The number of nitrogens with one attached hydrogen (secondary N) is 1. The van der Waals surface area contributed by atoms with Crippen LogP contribution < -0.4 is 5.32 Å². The average molecular weight is 236 g/mol. The fourth-order valence-corrected chi connectivity index (χ4v) is 3.76. The van der Waals surface area contributed by atoms with Gasteiger partial charge in [-0.1, -0.05) is 20.8 Å². The van der Waals surface area contributed by atoms with Gasteiger partial charge in [0.25, 0.3) is 0 Å². The topological polar surface area (TPSA) is 73.1 Å². The van der Waals surface area contributed by atoms with E-state index >= 15 is 0 Å². The number of hydrogen-bond acceptors (Lipinski definition) is 3. The standard InChI is InChI=1S/C13H20N2O2/c1-12(2)9-4-10(16)15-7-13(9,3)5-8(6-14)11(12)17/h8-9,11,17H,4-5,7H2,1-3H3,(H,15,16)/t8?,9-,11?,13?/m0/s1. The normalized spacial score (nSPS) is 44.4. The minimum absolute atomic E-state index is 0.0585. The number of hydrogen-bond donors (Lipinski definition) is 2. The predicted molar refractivity (Wildman–Crippen MR) is 62.7 cm³/mol. The molecule has 1 aliphatic heterocycles. The number of nitrogens with zero attached hydrogens (tertiary/aromatic N) is 1. The molecule has 1 amide bonds. The van der Waals surface area contributed by atoms with E-state index in [0.717, 1.165) is 0 Å². The van der Waals surface area contributed by atoms with Crippen molar-refractivity contribution < 1.29 is 9.90 Å². The highest BCUT2D eigenvalue weighted by molar-refractivity contribution is 5.77. The van der Waals surface area contributed by atoms with Gasteiger partial charge in [-0.05, 0) is 23.2 Å². The molecule has 1 heterocycles. The van der Waals surface area contributed by atoms with E-state index in [2.05, 4.69) is 18.3 Å². The van der Waals surface area contributed by atoms with E-state index in [1.54, 1.807) is 0 Å². The monoisotopic (exact) mass is 236 g/mol. The Morgan fingerprint density at radius 1 is 1.47 bits per heavy atom. The number of fused-ring (bicyclic) bond motifs is 1. The summed E-state index contributed by atoms with van der Waals surface area (Å²) < 4.78 is 0. The van der Waals surface area contributed by atoms with Crippen LogP contribution in [0.15, 0.2) is 0 Å². The van der Waals surface area contributed by atoms with Crippen molar-refractivity contribution >= 4 is 5.91 Å². The van der Waals surface area contributed by atoms with Crippen LogP contribution in [0.3, 0.4) is 0 Å². The van der Waals surface area contributed by atoms with Gasteiger partial charge in [0.1, 0.15) is 0 Å². The molecule has 17 heavy (non-hydrogen) atoms. The molecule has 4 heteroatoms. The molecule has 4 nitrogen and oxygen atoms in total. The van der Waals surface area contributed by atoms with Crippen molar-refractivity contribution in [1.82, 2.24) is 5.32 Å². The Bertz CT molecular complexity index is 381. The van der Waals surface area contributed by atoms with E-state index in [1.807, 2.05) is 13.8 Å². The van der Waals surface area contributed by atoms with Gasteiger partial charge in [-0.3, -0.25) is 4.79 Å². The predicted octanol–water partition coefficient (Wildman–Crippen LogP) is 1.06. The Morgan fingerprint density at radius 2 is 2.12 bits per heavy atom. The van der Waals surface area contributed by atoms with Crippen LogP contribution in [0.4, 0.5) is 0 Å². The summed E-state index contributed by atoms with van der Waals surface area (Å²) in [6.45, 7) is 6.69. The number of aliphatic hydroxyl groups is 1. The Hall–Kier alpha value is -1.08. The molecule has 3 unspecified atom stereocenters. The van der Waals surface area contributed by atoms with Gasteiger partial charge in [-0.25, -0.2) is 0 Å². The van der Waals surface area contributed by atoms with Crippen LogP contribution >= 0.6 is 0 Å². The second-order valence-corrected chi connectivity index (χ2v) is 6.39. The zero-order chi connectivity index (χ0) is 12.8. The van der Waals surface area contributed by atoms with E-state index in [9.17, 15) is 9.90 Å². The zero-order valence-electron chi connectivity index (χ0n) is 10.7. The van der Waals surface area contributed by atoms with Gasteiger partial charge in [0.15, 0.2) is 0 Å². The third-order valence-corrected chi connectivity index (χ3v) is 4.81. The smallest absolute Gasteiger partial charge is 0.220 e. The van der Waals surface area contributed by atoms with Crippen LogP contribution in [0.1, 0.15) is 33.6 Å². The van der Waals surface area contributed by atoms with E-state index in [1.165, 1.54) is 0 Å². The Balaban J connectivity index is 2.38. The quantitative estimate of drug-likeness (QED) is 0.660. The first-order chi connectivity index (χ1) is 7.81. The summed E-state index contributed by atoms with van der Waals surface area (Å²) in [7, 11) is 0. The van der Waals surface area contributed by atoms with E-state index < -0.39 is 6.10 Å². The Kier molecular flexibility index (Phi) is 2.70. The lowest BCUT2D eigenvalue weighted by atomic mass is 9.50. The van der Waals surface area contributed by atoms with E-state index in [4.69, 9.17) is 5.26 Å². The van der Waals surface area contributed by atoms with Crippen LogP contribution in [0, 0.1) is 34.0 Å². The molecule has 1 saturated carbocycles. The maximum absolute atomic E-state index is 11.5. The van der Waals surface area contributed by atoms with Gasteiger partial charge in [0.05, 0.1) is 18.1 Å². The molecule has 2 aliphatic rings. The molecule has 4 atom stereocenters. The first kappa shape index (κ1) is 12.4. The molecule has 0 bridgehead atoms. The SMILES string of the molecule is CC12CNC(=O)C[C@H]1C(C)(C)C(O)C(C#N)C2. The highest BCUT2D eigenvalue weighted by Crippen LogP contribution is 2.55. The maximum Gasteiger partial charge on any atom is 0.220 e. The molecular formula is C13H20N2O2. The first-order valence-electron chi connectivity index (χ1n) is 6.15. The van der Waals surface area contributed by atoms with Crippen LogP contribution in [-0.2, 0) is 4.79 Å². The molecule has 1 aliphatic carbocycles. The van der Waals surface area contributed by atoms with Crippen LogP contribution in [0.2, 0.25) is 0 Å². The summed E-state index contributed by atoms with van der Waals surface area (Å²) in [6.07, 6.45) is 0.481. The molecule has 94 valence electrons. The fourth-order valence-electron chi connectivity index (χ4n) is 3.76. The van der Waals surface area contributed by atoms with Gasteiger partial charge in [-0.2, -0.15) is 5.26 Å². The summed E-state index contributed by atoms with van der Waals surface area (Å²) in [5.74, 6) is -0.132. The van der Waals surface area contributed by atoms with Gasteiger partial charge in [0.2, 0.25) is 5.91 Å². The lowest BCUT2D eigenvalue weighted by Crippen LogP contribution is -2.60. The highest BCUT2D eigenvalue weighted by atomic mass is 16.3. The number of amides is 1. The molecule has 1 saturated heterocycles. The molecule has 0 aromatic rings. The molecule has 0 aromatic heterocycles. The summed E-state index contributed by atoms with van der Waals surface area (Å²) >= 11 is 0. The minimum atomic E-state index is -0.642. The lowest BCUT2D eigenvalue weighted by molar-refractivity contribution is -0.150. The number of carbonyl (C=O) groups excluding carboxylic acids is 1. The first-order valence-corrected chi connectivity index (χ1v) is 6.15. The van der Waals surface area contributed by atoms with Gasteiger partial charge >= 0.3 is 0 Å². The molecule has 0 aromatic carbocycles. The van der Waals surface area contributed by atoms with Crippen molar-refractivity contribution in [1.29, 1.82) is 5.26 Å². The molecular weight excluding hydrogens is 216 g/mol. The van der Waals surface area contributed by atoms with Gasteiger partial charge < -0.3 is 10.4 Å². The number of piperidine rings is 1. The summed E-state index contributed by atoms with van der Waals surface area (Å²) in [5, 5.41) is 22.3. The maximum atomic E-state index is 11.5. The zero-order valence-corrected chi connectivity index (χ0v) is 10.7. The van der Waals surface area contributed by atoms with Crippen LogP contribution in [0.25, 0.3) is 0 Å². The minimum Gasteiger partial charge on any atom is -0.391 e. The average Bonchev–Trinajstić information content (AvgIpc) is 2.27. The molecule has 2 rings (SSSR count). The second kappa shape index (κ2) is 3.71. The third-order valence-electron chi connectivity index (χ3n) is 4.81. The van der Waals surface area contributed by atoms with Crippen molar-refractivity contribution in [3.05, 3.63) is 0 Å². The highest BCUT2D eigenvalue weighted by Gasteiger charge is 2.56. The number of carbonyl (C=O) groups is 1. The summed E-state index contributed by atoms with van der Waals surface area (Å²) in [4.78, 5) is 11.5. The molecule has 0 spiro atoms. The Labute approximate surface area is 102 Å². The number of rotatable bonds is 0. The fraction of sp³-hybridized carbons (Fsp3) is 0.846. The molecule has 2 fully saturated rings. The number of aliphatic hydroxyl groups excluding tert-OH is 1. The summed E-state index contributed by atoms with van der Waals surface area (Å²) in [5.41, 5.74) is -0.456. The Morgan fingerprint density at radius 3 is 2.71 bits per heavy atom. The van der Waals surface area contributed by atoms with E-state index in [0.29, 0.717) is 19.4 Å². The van der Waals surface area contributed by atoms with Crippen LogP contribution in [-0.4, -0.2) is 23.7 Å². The lowest BCUT2D eigenvalue weighted by Gasteiger charge is -2.56. The number of nitriles is 1. The van der Waals surface area contributed by atoms with Crippen molar-refractivity contribution in [2.75, 3.05) is 6.54 Å². The van der Waals surface area contributed by atoms with Crippen LogP contribution in [0.5, 0.6) is 0 Å². The largest absolute Gasteiger partial charge is 0.391 e. The van der Waals surface area contributed by atoms with Gasteiger partial charge in [-0.15, -0.1) is 0 Å². The van der Waals surface area contributed by atoms with Gasteiger partial charge in [0, 0.05) is 13.0 Å². The van der Waals surface area contributed by atoms with E-state index in [-0.39, 0.29) is 28.6 Å². The third kappa shape index (κ3) is 1.73. The molecule has 0 radical (unpaired) electrons. The van der Waals surface area contributed by atoms with Crippen molar-refractivity contribution in [2.24, 2.45) is 22.7 Å². The van der Waals surface area contributed by atoms with Crippen molar-refractivity contribution in [2.45, 2.75) is 39.7 Å². The van der Waals surface area contributed by atoms with Crippen molar-refractivity contribution in [3.8, 4) is 6.07 Å². The molecule has 2 N–H and O–H groups in total. The summed E-state index contributed by atoms with van der Waals surface area (Å²) in [6, 6.07) is 2.22. The van der Waals surface area contributed by atoms with Crippen molar-refractivity contribution in [3.63, 3.8) is 0 Å². The second-order valence-electron chi connectivity index (χ2n) is 6.39.